The molecule has 112 valence electrons. The number of H-pyrrole nitrogens is 1. The number of ether oxygens (including phenoxy) is 1. The number of aromatic nitrogens is 2. The van der Waals surface area contributed by atoms with Gasteiger partial charge in [0.2, 0.25) is 0 Å². The number of benzene rings is 1. The number of nitrogens with zero attached hydrogens (tertiary/aromatic N) is 1. The van der Waals surface area contributed by atoms with E-state index in [-0.39, 0.29) is 11.7 Å². The summed E-state index contributed by atoms with van der Waals surface area (Å²) in [5, 5.41) is 0. The Kier molecular flexibility index (Phi) is 5.17. The summed E-state index contributed by atoms with van der Waals surface area (Å²) in [5.74, 6) is 1.34. The maximum absolute atomic E-state index is 12.0. The molecule has 1 heterocycles. The molecule has 0 aliphatic heterocycles. The third kappa shape index (κ3) is 3.94. The van der Waals surface area contributed by atoms with Gasteiger partial charge in [0.05, 0.1) is 11.8 Å². The van der Waals surface area contributed by atoms with Gasteiger partial charge in [-0.1, -0.05) is 25.5 Å². The number of aryl methyl sites for hydroxylation is 1. The summed E-state index contributed by atoms with van der Waals surface area (Å²) in [5.41, 5.74) is 1.47. The van der Waals surface area contributed by atoms with Crippen LogP contribution >= 0.6 is 15.9 Å². The number of hydrogen-bond acceptors (Lipinski definition) is 3. The molecule has 0 saturated heterocycles. The lowest BCUT2D eigenvalue weighted by molar-refractivity contribution is 0.242. The van der Waals surface area contributed by atoms with E-state index in [2.05, 4.69) is 32.8 Å². The van der Waals surface area contributed by atoms with E-state index in [4.69, 9.17) is 4.74 Å². The fourth-order valence-electron chi connectivity index (χ4n) is 2.03. The molecule has 0 fully saturated rings. The minimum atomic E-state index is -0.154. The highest BCUT2D eigenvalue weighted by Gasteiger charge is 2.10. The van der Waals surface area contributed by atoms with E-state index in [0.29, 0.717) is 10.3 Å². The van der Waals surface area contributed by atoms with Gasteiger partial charge in [-0.3, -0.25) is 4.79 Å². The van der Waals surface area contributed by atoms with Crippen LogP contribution < -0.4 is 10.3 Å². The zero-order valence-corrected chi connectivity index (χ0v) is 14.0. The second kappa shape index (κ2) is 6.89. The van der Waals surface area contributed by atoms with Crippen molar-refractivity contribution < 1.29 is 4.74 Å². The van der Waals surface area contributed by atoms with E-state index < -0.39 is 0 Å². The summed E-state index contributed by atoms with van der Waals surface area (Å²) in [6.07, 6.45) is 1.80. The molecule has 21 heavy (non-hydrogen) atoms. The van der Waals surface area contributed by atoms with Crippen molar-refractivity contribution in [1.29, 1.82) is 0 Å². The Hall–Kier alpha value is -1.62. The molecule has 2 aromatic rings. The van der Waals surface area contributed by atoms with Gasteiger partial charge in [-0.05, 0) is 48.3 Å². The summed E-state index contributed by atoms with van der Waals surface area (Å²) in [4.78, 5) is 19.4. The Balaban J connectivity index is 2.44. The maximum Gasteiger partial charge on any atom is 0.265 e. The first-order valence-electron chi connectivity index (χ1n) is 7.07. The first-order valence-corrected chi connectivity index (χ1v) is 7.86. The highest BCUT2D eigenvalue weighted by Crippen LogP contribution is 2.23. The summed E-state index contributed by atoms with van der Waals surface area (Å²) in [7, 11) is 0. The summed E-state index contributed by atoms with van der Waals surface area (Å²) in [6.45, 7) is 6.02. The van der Waals surface area contributed by atoms with Crippen LogP contribution in [0, 0.1) is 0 Å². The van der Waals surface area contributed by atoms with E-state index in [9.17, 15) is 4.79 Å². The van der Waals surface area contributed by atoms with Crippen LogP contribution in [0.25, 0.3) is 11.4 Å². The number of hydrogen-bond donors (Lipinski definition) is 1. The molecule has 0 aliphatic carbocycles. The second-order valence-electron chi connectivity index (χ2n) is 5.12. The molecule has 1 aromatic heterocycles. The molecule has 0 radical (unpaired) electrons. The van der Waals surface area contributed by atoms with Crippen LogP contribution in [0.4, 0.5) is 0 Å². The van der Waals surface area contributed by atoms with Crippen molar-refractivity contribution in [3.8, 4) is 17.1 Å². The smallest absolute Gasteiger partial charge is 0.265 e. The molecule has 0 aliphatic rings. The monoisotopic (exact) mass is 350 g/mol. The molecule has 1 N–H and O–H groups in total. The predicted octanol–water partition coefficient (Wildman–Crippen LogP) is 3.94. The van der Waals surface area contributed by atoms with Gasteiger partial charge in [0, 0.05) is 5.56 Å². The van der Waals surface area contributed by atoms with Gasteiger partial charge in [-0.2, -0.15) is 0 Å². The van der Waals surface area contributed by atoms with Crippen molar-refractivity contribution in [3.63, 3.8) is 0 Å². The summed E-state index contributed by atoms with van der Waals surface area (Å²) in [6, 6.07) is 7.60. The van der Waals surface area contributed by atoms with Crippen LogP contribution in [0.3, 0.4) is 0 Å². The van der Waals surface area contributed by atoms with Gasteiger partial charge in [-0.15, -0.1) is 0 Å². The van der Waals surface area contributed by atoms with Crippen LogP contribution in [-0.4, -0.2) is 16.1 Å². The lowest BCUT2D eigenvalue weighted by Gasteiger charge is -2.11. The fourth-order valence-corrected chi connectivity index (χ4v) is 2.42. The van der Waals surface area contributed by atoms with E-state index in [1.54, 1.807) is 0 Å². The summed E-state index contributed by atoms with van der Waals surface area (Å²) >= 11 is 3.30. The van der Waals surface area contributed by atoms with Crippen molar-refractivity contribution in [3.05, 3.63) is 44.8 Å². The number of nitrogens with one attached hydrogen (secondary N) is 1. The lowest BCUT2D eigenvalue weighted by atomic mass is 10.2. The van der Waals surface area contributed by atoms with E-state index in [1.165, 1.54) is 0 Å². The van der Waals surface area contributed by atoms with Crippen LogP contribution in [0.1, 0.15) is 32.9 Å². The van der Waals surface area contributed by atoms with E-state index in [1.807, 2.05) is 38.1 Å². The van der Waals surface area contributed by atoms with Gasteiger partial charge < -0.3 is 9.72 Å². The summed E-state index contributed by atoms with van der Waals surface area (Å²) < 4.78 is 6.20. The van der Waals surface area contributed by atoms with Crippen LogP contribution in [0.2, 0.25) is 0 Å². The van der Waals surface area contributed by atoms with Gasteiger partial charge >= 0.3 is 0 Å². The van der Waals surface area contributed by atoms with Crippen molar-refractivity contribution in [2.75, 3.05) is 0 Å². The zero-order chi connectivity index (χ0) is 15.4. The van der Waals surface area contributed by atoms with E-state index in [0.717, 1.165) is 29.8 Å². The fraction of sp³-hybridized carbons (Fsp3) is 0.375. The highest BCUT2D eigenvalue weighted by atomic mass is 79.9. The van der Waals surface area contributed by atoms with E-state index >= 15 is 0 Å². The second-order valence-corrected chi connectivity index (χ2v) is 5.91. The molecule has 0 saturated carbocycles. The first kappa shape index (κ1) is 15.8. The molecule has 4 nitrogen and oxygen atoms in total. The van der Waals surface area contributed by atoms with Crippen molar-refractivity contribution in [2.24, 2.45) is 0 Å². The van der Waals surface area contributed by atoms with Gasteiger partial charge in [0.1, 0.15) is 16.0 Å². The van der Waals surface area contributed by atoms with Gasteiger partial charge in [-0.25, -0.2) is 4.98 Å². The third-order valence-corrected chi connectivity index (χ3v) is 3.72. The lowest BCUT2D eigenvalue weighted by Crippen LogP contribution is -2.13. The highest BCUT2D eigenvalue weighted by molar-refractivity contribution is 9.10. The topological polar surface area (TPSA) is 55.0 Å². The third-order valence-electron chi connectivity index (χ3n) is 2.90. The molecule has 5 heteroatoms. The maximum atomic E-state index is 12.0. The van der Waals surface area contributed by atoms with Crippen LogP contribution in [0.15, 0.2) is 33.5 Å². The SMILES string of the molecule is CCCc1nc(-c2cccc(OC(C)C)c2)[nH]c(=O)c1Br. The van der Waals surface area contributed by atoms with Gasteiger partial charge in [0.15, 0.2) is 0 Å². The molecule has 2 rings (SSSR count). The minimum Gasteiger partial charge on any atom is -0.491 e. The number of halogens is 1. The van der Waals surface area contributed by atoms with Crippen LogP contribution in [-0.2, 0) is 6.42 Å². The average molecular weight is 351 g/mol. The van der Waals surface area contributed by atoms with Crippen molar-refractivity contribution in [1.82, 2.24) is 9.97 Å². The normalized spacial score (nSPS) is 10.9. The Morgan fingerprint density at radius 1 is 1.38 bits per heavy atom. The average Bonchev–Trinajstić information content (AvgIpc) is 2.43. The van der Waals surface area contributed by atoms with Gasteiger partial charge in [0.25, 0.3) is 5.56 Å². The molecule has 0 amide bonds. The minimum absolute atomic E-state index is 0.104. The zero-order valence-electron chi connectivity index (χ0n) is 12.4. The quantitative estimate of drug-likeness (QED) is 0.888. The molecule has 0 atom stereocenters. The molecule has 0 spiro atoms. The first-order chi connectivity index (χ1) is 10.0. The predicted molar refractivity (Wildman–Crippen MR) is 87.8 cm³/mol. The van der Waals surface area contributed by atoms with Crippen molar-refractivity contribution >= 4 is 15.9 Å². The molecule has 0 bridgehead atoms. The number of aromatic amines is 1. The molecule has 1 aromatic carbocycles. The number of rotatable bonds is 5. The Labute approximate surface area is 132 Å². The Morgan fingerprint density at radius 3 is 2.81 bits per heavy atom. The van der Waals surface area contributed by atoms with Crippen molar-refractivity contribution in [2.45, 2.75) is 39.7 Å². The molecular formula is C16H19BrN2O2. The largest absolute Gasteiger partial charge is 0.491 e. The Morgan fingerprint density at radius 2 is 2.14 bits per heavy atom. The Bertz CT molecular complexity index is 680. The molecular weight excluding hydrogens is 332 g/mol. The molecule has 0 unspecified atom stereocenters. The van der Waals surface area contributed by atoms with Crippen LogP contribution in [0.5, 0.6) is 5.75 Å². The standard InChI is InChI=1S/C16H19BrN2O2/c1-4-6-13-14(17)16(20)19-15(18-13)11-7-5-8-12(9-11)21-10(2)3/h5,7-10H,4,6H2,1-3H3,(H,18,19,20).